The van der Waals surface area contributed by atoms with Crippen LogP contribution in [0.2, 0.25) is 0 Å². The Kier molecular flexibility index (Phi) is 2.76. The van der Waals surface area contributed by atoms with Crippen LogP contribution < -0.4 is 0 Å². The molecule has 1 fully saturated rings. The second kappa shape index (κ2) is 4.21. The van der Waals surface area contributed by atoms with Gasteiger partial charge in [0.25, 0.3) is 0 Å². The maximum absolute atomic E-state index is 8.77. The topological polar surface area (TPSA) is 45.9 Å². The van der Waals surface area contributed by atoms with Crippen LogP contribution in [0.3, 0.4) is 0 Å². The van der Waals surface area contributed by atoms with Gasteiger partial charge < -0.3 is 4.74 Å². The first-order valence-electron chi connectivity index (χ1n) is 4.82. The van der Waals surface area contributed by atoms with Crippen LogP contribution in [0.5, 0.6) is 0 Å². The summed E-state index contributed by atoms with van der Waals surface area (Å²) in [6, 6.07) is 5.78. The third kappa shape index (κ3) is 2.30. The van der Waals surface area contributed by atoms with E-state index in [0.29, 0.717) is 12.3 Å². The summed E-state index contributed by atoms with van der Waals surface area (Å²) in [4.78, 5) is 3.97. The standard InChI is InChI=1S/C11H12N2O/c12-6-11-10(2-1-5-13-11)8-14-7-9-3-4-9/h1-2,5,9H,3-4,7-8H2. The summed E-state index contributed by atoms with van der Waals surface area (Å²) in [6.45, 7) is 1.33. The molecule has 0 atom stereocenters. The van der Waals surface area contributed by atoms with Crippen molar-refractivity contribution in [3.05, 3.63) is 29.6 Å². The van der Waals surface area contributed by atoms with Crippen molar-refractivity contribution < 1.29 is 4.74 Å². The molecule has 0 aromatic carbocycles. The quantitative estimate of drug-likeness (QED) is 0.724. The third-order valence-corrected chi connectivity index (χ3v) is 2.31. The van der Waals surface area contributed by atoms with E-state index in [4.69, 9.17) is 10.00 Å². The van der Waals surface area contributed by atoms with E-state index in [1.807, 2.05) is 12.1 Å². The van der Waals surface area contributed by atoms with Gasteiger partial charge in [0.2, 0.25) is 0 Å². The first kappa shape index (κ1) is 9.17. The first-order chi connectivity index (χ1) is 6.90. The Morgan fingerprint density at radius 3 is 3.14 bits per heavy atom. The van der Waals surface area contributed by atoms with Gasteiger partial charge in [-0.1, -0.05) is 6.07 Å². The zero-order valence-corrected chi connectivity index (χ0v) is 7.94. The summed E-state index contributed by atoms with van der Waals surface area (Å²) in [5, 5.41) is 8.77. The molecular formula is C11H12N2O. The van der Waals surface area contributed by atoms with Crippen LogP contribution in [0.15, 0.2) is 18.3 Å². The molecule has 0 saturated heterocycles. The SMILES string of the molecule is N#Cc1ncccc1COCC1CC1. The number of aromatic nitrogens is 1. The Balaban J connectivity index is 1.90. The Labute approximate surface area is 83.3 Å². The van der Waals surface area contributed by atoms with Crippen LogP contribution >= 0.6 is 0 Å². The second-order valence-corrected chi connectivity index (χ2v) is 3.58. The van der Waals surface area contributed by atoms with Crippen molar-refractivity contribution >= 4 is 0 Å². The van der Waals surface area contributed by atoms with Gasteiger partial charge in [-0.25, -0.2) is 4.98 Å². The molecule has 3 heteroatoms. The average molecular weight is 188 g/mol. The van der Waals surface area contributed by atoms with Crippen molar-refractivity contribution in [1.82, 2.24) is 4.98 Å². The number of hydrogen-bond acceptors (Lipinski definition) is 3. The predicted octanol–water partition coefficient (Wildman–Crippen LogP) is 1.88. The third-order valence-electron chi connectivity index (χ3n) is 2.31. The zero-order chi connectivity index (χ0) is 9.80. The number of rotatable bonds is 4. The molecule has 1 aliphatic carbocycles. The van der Waals surface area contributed by atoms with Crippen LogP contribution in [0.4, 0.5) is 0 Å². The molecule has 1 saturated carbocycles. The molecule has 0 radical (unpaired) electrons. The molecule has 0 N–H and O–H groups in total. The first-order valence-corrected chi connectivity index (χ1v) is 4.82. The highest BCUT2D eigenvalue weighted by atomic mass is 16.5. The van der Waals surface area contributed by atoms with Gasteiger partial charge in [-0.3, -0.25) is 0 Å². The Hall–Kier alpha value is -1.40. The maximum atomic E-state index is 8.77. The number of pyridine rings is 1. The fourth-order valence-electron chi connectivity index (χ4n) is 1.28. The lowest BCUT2D eigenvalue weighted by Crippen LogP contribution is -2.00. The summed E-state index contributed by atoms with van der Waals surface area (Å²) >= 11 is 0. The average Bonchev–Trinajstić information content (AvgIpc) is 3.03. The second-order valence-electron chi connectivity index (χ2n) is 3.58. The van der Waals surface area contributed by atoms with E-state index in [-0.39, 0.29) is 0 Å². The molecule has 72 valence electrons. The molecule has 0 bridgehead atoms. The van der Waals surface area contributed by atoms with Crippen molar-refractivity contribution in [3.63, 3.8) is 0 Å². The van der Waals surface area contributed by atoms with Crippen LogP contribution in [-0.4, -0.2) is 11.6 Å². The zero-order valence-electron chi connectivity index (χ0n) is 7.94. The maximum Gasteiger partial charge on any atom is 0.145 e. The van der Waals surface area contributed by atoms with E-state index in [1.54, 1.807) is 6.20 Å². The summed E-state index contributed by atoms with van der Waals surface area (Å²) < 4.78 is 5.50. The lowest BCUT2D eigenvalue weighted by atomic mass is 10.2. The summed E-state index contributed by atoms with van der Waals surface area (Å²) in [6.07, 6.45) is 4.21. The molecule has 1 aromatic heterocycles. The minimum absolute atomic E-state index is 0.475. The number of hydrogen-bond donors (Lipinski definition) is 0. The Morgan fingerprint density at radius 1 is 1.57 bits per heavy atom. The number of nitrogens with zero attached hydrogens (tertiary/aromatic N) is 2. The van der Waals surface area contributed by atoms with Crippen molar-refractivity contribution in [2.75, 3.05) is 6.61 Å². The molecule has 0 spiro atoms. The molecule has 1 aliphatic rings. The molecule has 3 nitrogen and oxygen atoms in total. The van der Waals surface area contributed by atoms with Gasteiger partial charge in [-0.05, 0) is 24.8 Å². The lowest BCUT2D eigenvalue weighted by molar-refractivity contribution is 0.111. The summed E-state index contributed by atoms with van der Waals surface area (Å²) in [7, 11) is 0. The summed E-state index contributed by atoms with van der Waals surface area (Å²) in [5.41, 5.74) is 1.36. The molecule has 0 aliphatic heterocycles. The molecule has 2 rings (SSSR count). The van der Waals surface area contributed by atoms with Crippen LogP contribution in [0.25, 0.3) is 0 Å². The summed E-state index contributed by atoms with van der Waals surface area (Å²) in [5.74, 6) is 0.761. The van der Waals surface area contributed by atoms with Gasteiger partial charge in [0, 0.05) is 18.4 Å². The van der Waals surface area contributed by atoms with E-state index in [9.17, 15) is 0 Å². The smallest absolute Gasteiger partial charge is 0.145 e. The minimum atomic E-state index is 0.475. The van der Waals surface area contributed by atoms with Gasteiger partial charge >= 0.3 is 0 Å². The minimum Gasteiger partial charge on any atom is -0.376 e. The van der Waals surface area contributed by atoms with Gasteiger partial charge in [-0.15, -0.1) is 0 Å². The number of ether oxygens (including phenoxy) is 1. The van der Waals surface area contributed by atoms with Crippen molar-refractivity contribution in [3.8, 4) is 6.07 Å². The highest BCUT2D eigenvalue weighted by Crippen LogP contribution is 2.29. The van der Waals surface area contributed by atoms with Crippen molar-refractivity contribution in [1.29, 1.82) is 5.26 Å². The fraction of sp³-hybridized carbons (Fsp3) is 0.455. The monoisotopic (exact) mass is 188 g/mol. The largest absolute Gasteiger partial charge is 0.376 e. The van der Waals surface area contributed by atoms with Gasteiger partial charge in [0.05, 0.1) is 6.61 Å². The fourth-order valence-corrected chi connectivity index (χ4v) is 1.28. The van der Waals surface area contributed by atoms with Crippen LogP contribution in [-0.2, 0) is 11.3 Å². The van der Waals surface area contributed by atoms with Crippen LogP contribution in [0.1, 0.15) is 24.1 Å². The molecular weight excluding hydrogens is 176 g/mol. The molecule has 0 amide bonds. The Morgan fingerprint density at radius 2 is 2.43 bits per heavy atom. The van der Waals surface area contributed by atoms with Crippen molar-refractivity contribution in [2.45, 2.75) is 19.4 Å². The lowest BCUT2D eigenvalue weighted by Gasteiger charge is -2.03. The predicted molar refractivity (Wildman–Crippen MR) is 51.3 cm³/mol. The van der Waals surface area contributed by atoms with Gasteiger partial charge in [-0.2, -0.15) is 5.26 Å². The molecule has 1 aromatic rings. The number of nitriles is 1. The highest BCUT2D eigenvalue weighted by Gasteiger charge is 2.21. The van der Waals surface area contributed by atoms with Gasteiger partial charge in [0.1, 0.15) is 11.8 Å². The van der Waals surface area contributed by atoms with Crippen LogP contribution in [0, 0.1) is 17.2 Å². The van der Waals surface area contributed by atoms with E-state index < -0.39 is 0 Å². The normalized spacial score (nSPS) is 15.1. The molecule has 1 heterocycles. The molecule has 14 heavy (non-hydrogen) atoms. The Bertz CT molecular complexity index is 353. The molecule has 0 unspecified atom stereocenters. The van der Waals surface area contributed by atoms with E-state index in [0.717, 1.165) is 18.1 Å². The van der Waals surface area contributed by atoms with Gasteiger partial charge in [0.15, 0.2) is 0 Å². The van der Waals surface area contributed by atoms with E-state index in [1.165, 1.54) is 12.8 Å². The highest BCUT2D eigenvalue weighted by molar-refractivity contribution is 5.29. The van der Waals surface area contributed by atoms with E-state index in [2.05, 4.69) is 11.1 Å². The van der Waals surface area contributed by atoms with Crippen molar-refractivity contribution in [2.24, 2.45) is 5.92 Å². The van der Waals surface area contributed by atoms with E-state index >= 15 is 0 Å².